The van der Waals surface area contributed by atoms with Gasteiger partial charge in [0, 0.05) is 5.56 Å². The highest BCUT2D eigenvalue weighted by molar-refractivity contribution is 5.62. The summed E-state index contributed by atoms with van der Waals surface area (Å²) in [7, 11) is 0. The maximum Gasteiger partial charge on any atom is 0.122 e. The zero-order valence-electron chi connectivity index (χ0n) is 7.99. The summed E-state index contributed by atoms with van der Waals surface area (Å²) in [5.41, 5.74) is 1.96. The lowest BCUT2D eigenvalue weighted by Gasteiger charge is -2.00. The number of benzene rings is 1. The van der Waals surface area contributed by atoms with Crippen molar-refractivity contribution in [2.24, 2.45) is 0 Å². The Bertz CT molecular complexity index is 335. The molecule has 0 aromatic heterocycles. The Hall–Kier alpha value is -1.50. The normalized spacial score (nSPS) is 11.5. The largest absolute Gasteiger partial charge is 0.507 e. The molecule has 0 saturated heterocycles. The number of aromatic hydroxyl groups is 1. The zero-order valence-corrected chi connectivity index (χ0v) is 7.99. The number of phenolic OH excluding ortho intramolecular Hbond substituents is 1. The van der Waals surface area contributed by atoms with Gasteiger partial charge < -0.3 is 5.11 Å². The van der Waals surface area contributed by atoms with E-state index < -0.39 is 0 Å². The fourth-order valence-electron chi connectivity index (χ4n) is 1.18. The first-order chi connectivity index (χ1) is 6.27. The predicted molar refractivity (Wildman–Crippen MR) is 57.5 cm³/mol. The van der Waals surface area contributed by atoms with Gasteiger partial charge in [-0.05, 0) is 31.5 Å². The highest BCUT2D eigenvalue weighted by atomic mass is 16.3. The van der Waals surface area contributed by atoms with Gasteiger partial charge in [0.1, 0.15) is 5.75 Å². The van der Waals surface area contributed by atoms with Crippen molar-refractivity contribution in [1.29, 1.82) is 0 Å². The van der Waals surface area contributed by atoms with Crippen LogP contribution in [-0.2, 0) is 0 Å². The molecule has 0 aliphatic heterocycles. The Balaban J connectivity index is 3.10. The van der Waals surface area contributed by atoms with E-state index in [4.69, 9.17) is 0 Å². The number of phenols is 1. The van der Waals surface area contributed by atoms with Crippen LogP contribution in [0, 0.1) is 0 Å². The first kappa shape index (κ1) is 9.59. The molecule has 0 bridgehead atoms. The Morgan fingerprint density at radius 2 is 1.77 bits per heavy atom. The van der Waals surface area contributed by atoms with Crippen LogP contribution < -0.4 is 0 Å². The molecule has 0 saturated carbocycles. The summed E-state index contributed by atoms with van der Waals surface area (Å²) in [6.07, 6.45) is 7.79. The van der Waals surface area contributed by atoms with Crippen molar-refractivity contribution in [2.75, 3.05) is 0 Å². The molecular weight excluding hydrogens is 160 g/mol. The molecule has 0 aliphatic rings. The molecule has 68 valence electrons. The highest BCUT2D eigenvalue weighted by Crippen LogP contribution is 2.20. The van der Waals surface area contributed by atoms with Gasteiger partial charge in [0.2, 0.25) is 0 Å². The highest BCUT2D eigenvalue weighted by Gasteiger charge is 1.96. The molecule has 0 unspecified atom stereocenters. The van der Waals surface area contributed by atoms with Gasteiger partial charge in [-0.3, -0.25) is 0 Å². The van der Waals surface area contributed by atoms with Crippen LogP contribution in [0.1, 0.15) is 25.0 Å². The van der Waals surface area contributed by atoms with Crippen LogP contribution in [0.25, 0.3) is 12.2 Å². The summed E-state index contributed by atoms with van der Waals surface area (Å²) in [6, 6.07) is 5.56. The van der Waals surface area contributed by atoms with Crippen LogP contribution in [0.5, 0.6) is 5.75 Å². The van der Waals surface area contributed by atoms with Crippen molar-refractivity contribution in [1.82, 2.24) is 0 Å². The van der Waals surface area contributed by atoms with Gasteiger partial charge in [0.25, 0.3) is 0 Å². The topological polar surface area (TPSA) is 20.2 Å². The van der Waals surface area contributed by atoms with Crippen molar-refractivity contribution in [3.63, 3.8) is 0 Å². The Labute approximate surface area is 79.0 Å². The minimum Gasteiger partial charge on any atom is -0.507 e. The Kier molecular flexibility index (Phi) is 3.32. The Morgan fingerprint density at radius 3 is 2.38 bits per heavy atom. The van der Waals surface area contributed by atoms with Crippen molar-refractivity contribution in [3.8, 4) is 5.75 Å². The third kappa shape index (κ3) is 2.48. The van der Waals surface area contributed by atoms with E-state index in [0.717, 1.165) is 11.1 Å². The second-order valence-corrected chi connectivity index (χ2v) is 2.82. The van der Waals surface area contributed by atoms with Crippen LogP contribution in [0.2, 0.25) is 0 Å². The summed E-state index contributed by atoms with van der Waals surface area (Å²) in [5.74, 6) is 0.325. The maximum absolute atomic E-state index is 9.46. The summed E-state index contributed by atoms with van der Waals surface area (Å²) in [6.45, 7) is 3.91. The van der Waals surface area contributed by atoms with Crippen LogP contribution in [0.3, 0.4) is 0 Å². The number of hydrogen-bond donors (Lipinski definition) is 1. The van der Waals surface area contributed by atoms with Crippen LogP contribution in [0.4, 0.5) is 0 Å². The van der Waals surface area contributed by atoms with Gasteiger partial charge in [-0.2, -0.15) is 0 Å². The SMILES string of the molecule is C/C=C/c1ccc(O)c(/C=C/C)c1. The monoisotopic (exact) mass is 174 g/mol. The first-order valence-electron chi connectivity index (χ1n) is 4.36. The smallest absolute Gasteiger partial charge is 0.122 e. The summed E-state index contributed by atoms with van der Waals surface area (Å²) < 4.78 is 0. The molecule has 0 fully saturated rings. The number of allylic oxidation sites excluding steroid dienone is 2. The van der Waals surface area contributed by atoms with E-state index in [9.17, 15) is 5.11 Å². The molecule has 0 spiro atoms. The summed E-state index contributed by atoms with van der Waals surface area (Å²) in [5, 5.41) is 9.46. The van der Waals surface area contributed by atoms with Crippen molar-refractivity contribution >= 4 is 12.2 Å². The molecule has 1 aromatic carbocycles. The van der Waals surface area contributed by atoms with Gasteiger partial charge in [0.05, 0.1) is 0 Å². The van der Waals surface area contributed by atoms with Crippen molar-refractivity contribution in [3.05, 3.63) is 41.5 Å². The fraction of sp³-hybridized carbons (Fsp3) is 0.167. The van der Waals surface area contributed by atoms with E-state index in [2.05, 4.69) is 0 Å². The van der Waals surface area contributed by atoms with Crippen LogP contribution >= 0.6 is 0 Å². The lowest BCUT2D eigenvalue weighted by Crippen LogP contribution is -1.77. The summed E-state index contributed by atoms with van der Waals surface area (Å²) >= 11 is 0. The van der Waals surface area contributed by atoms with E-state index in [1.54, 1.807) is 6.07 Å². The van der Waals surface area contributed by atoms with Crippen LogP contribution in [-0.4, -0.2) is 5.11 Å². The lowest BCUT2D eigenvalue weighted by molar-refractivity contribution is 0.474. The lowest BCUT2D eigenvalue weighted by atomic mass is 10.1. The van der Waals surface area contributed by atoms with Gasteiger partial charge in [0.15, 0.2) is 0 Å². The molecule has 0 aliphatic carbocycles. The number of rotatable bonds is 2. The van der Waals surface area contributed by atoms with Gasteiger partial charge >= 0.3 is 0 Å². The maximum atomic E-state index is 9.46. The van der Waals surface area contributed by atoms with Crippen molar-refractivity contribution in [2.45, 2.75) is 13.8 Å². The minimum absolute atomic E-state index is 0.325. The quantitative estimate of drug-likeness (QED) is 0.728. The molecule has 0 radical (unpaired) electrons. The fourth-order valence-corrected chi connectivity index (χ4v) is 1.18. The minimum atomic E-state index is 0.325. The van der Waals surface area contributed by atoms with E-state index in [1.807, 2.05) is 50.3 Å². The third-order valence-corrected chi connectivity index (χ3v) is 1.76. The van der Waals surface area contributed by atoms with Gasteiger partial charge in [-0.1, -0.05) is 30.4 Å². The van der Waals surface area contributed by atoms with Crippen LogP contribution in [0.15, 0.2) is 30.4 Å². The second-order valence-electron chi connectivity index (χ2n) is 2.82. The first-order valence-corrected chi connectivity index (χ1v) is 4.36. The second kappa shape index (κ2) is 4.51. The zero-order chi connectivity index (χ0) is 9.68. The molecule has 1 aromatic rings. The molecular formula is C12H14O. The molecule has 1 heteroatoms. The average Bonchev–Trinajstić information content (AvgIpc) is 2.12. The molecule has 1 rings (SSSR count). The molecule has 1 nitrogen and oxygen atoms in total. The van der Waals surface area contributed by atoms with E-state index in [-0.39, 0.29) is 0 Å². The Morgan fingerprint density at radius 1 is 1.08 bits per heavy atom. The van der Waals surface area contributed by atoms with Gasteiger partial charge in [-0.15, -0.1) is 0 Å². The molecule has 0 atom stereocenters. The standard InChI is InChI=1S/C12H14O/c1-3-5-10-7-8-12(13)11(9-10)6-4-2/h3-9,13H,1-2H3/b5-3+,6-4+. The number of hydrogen-bond acceptors (Lipinski definition) is 1. The molecule has 1 N–H and O–H groups in total. The predicted octanol–water partition coefficient (Wildman–Crippen LogP) is 3.46. The van der Waals surface area contributed by atoms with Gasteiger partial charge in [-0.25, -0.2) is 0 Å². The third-order valence-electron chi connectivity index (χ3n) is 1.76. The molecule has 0 heterocycles. The molecule has 0 amide bonds. The van der Waals surface area contributed by atoms with E-state index >= 15 is 0 Å². The van der Waals surface area contributed by atoms with Crippen molar-refractivity contribution < 1.29 is 5.11 Å². The average molecular weight is 174 g/mol. The van der Waals surface area contributed by atoms with E-state index in [1.165, 1.54) is 0 Å². The molecule has 13 heavy (non-hydrogen) atoms. The van der Waals surface area contributed by atoms with E-state index in [0.29, 0.717) is 5.75 Å². The summed E-state index contributed by atoms with van der Waals surface area (Å²) in [4.78, 5) is 0.